The van der Waals surface area contributed by atoms with Crippen molar-refractivity contribution in [2.75, 3.05) is 32.7 Å². The molecule has 2 saturated heterocycles. The van der Waals surface area contributed by atoms with Crippen molar-refractivity contribution < 1.29 is 4.79 Å². The molecule has 0 N–H and O–H groups in total. The zero-order valence-corrected chi connectivity index (χ0v) is 18.6. The van der Waals surface area contributed by atoms with Gasteiger partial charge >= 0.3 is 0 Å². The lowest BCUT2D eigenvalue weighted by atomic mass is 9.86. The van der Waals surface area contributed by atoms with Crippen molar-refractivity contribution in [3.63, 3.8) is 0 Å². The second-order valence-corrected chi connectivity index (χ2v) is 9.34. The van der Waals surface area contributed by atoms with Crippen LogP contribution in [0.3, 0.4) is 0 Å². The number of hydrogen-bond donors (Lipinski definition) is 0. The van der Waals surface area contributed by atoms with Crippen molar-refractivity contribution in [2.45, 2.75) is 24.7 Å². The lowest BCUT2D eigenvalue weighted by Gasteiger charge is -2.34. The van der Waals surface area contributed by atoms with Gasteiger partial charge in [-0.1, -0.05) is 78.9 Å². The third-order valence-corrected chi connectivity index (χ3v) is 7.33. The molecule has 2 fully saturated rings. The predicted molar refractivity (Wildman–Crippen MR) is 130 cm³/mol. The molecule has 0 aliphatic carbocycles. The highest BCUT2D eigenvalue weighted by Gasteiger charge is 2.37. The standard InChI is InChI=1S/C29H32N2O/c32-29(26-14-8-3-9-15-26)31-21-27(28(22-31)25-12-6-2-7-13-25)20-30-18-16-24(17-19-30)23-10-4-1-5-11-23/h1-15,24,27-28H,16-22H2/t27-,28?/m0/s1. The average Bonchev–Trinajstić information content (AvgIpc) is 3.29. The fourth-order valence-corrected chi connectivity index (χ4v) is 5.57. The molecule has 32 heavy (non-hydrogen) atoms. The van der Waals surface area contributed by atoms with Gasteiger partial charge in [0.2, 0.25) is 0 Å². The highest BCUT2D eigenvalue weighted by Crippen LogP contribution is 2.35. The first kappa shape index (κ1) is 21.0. The second-order valence-electron chi connectivity index (χ2n) is 9.34. The zero-order chi connectivity index (χ0) is 21.8. The highest BCUT2D eigenvalue weighted by molar-refractivity contribution is 5.94. The van der Waals surface area contributed by atoms with Gasteiger partial charge in [0.25, 0.3) is 5.91 Å². The second kappa shape index (κ2) is 9.70. The van der Waals surface area contributed by atoms with Gasteiger partial charge in [-0.05, 0) is 61.0 Å². The van der Waals surface area contributed by atoms with Gasteiger partial charge < -0.3 is 9.80 Å². The molecule has 2 aliphatic rings. The maximum atomic E-state index is 13.2. The largest absolute Gasteiger partial charge is 0.338 e. The lowest BCUT2D eigenvalue weighted by molar-refractivity contribution is 0.0781. The first-order chi connectivity index (χ1) is 15.8. The quantitative estimate of drug-likeness (QED) is 0.546. The van der Waals surface area contributed by atoms with E-state index in [1.54, 1.807) is 0 Å². The van der Waals surface area contributed by atoms with Crippen LogP contribution in [0.2, 0.25) is 0 Å². The van der Waals surface area contributed by atoms with Gasteiger partial charge in [-0.2, -0.15) is 0 Å². The Balaban J connectivity index is 1.27. The van der Waals surface area contributed by atoms with Crippen molar-refractivity contribution >= 4 is 5.91 Å². The Kier molecular flexibility index (Phi) is 6.36. The van der Waals surface area contributed by atoms with Gasteiger partial charge in [0.1, 0.15) is 0 Å². The summed E-state index contributed by atoms with van der Waals surface area (Å²) in [6.07, 6.45) is 2.44. The van der Waals surface area contributed by atoms with E-state index < -0.39 is 0 Å². The molecule has 0 radical (unpaired) electrons. The summed E-state index contributed by atoms with van der Waals surface area (Å²) in [5.74, 6) is 1.71. The Morgan fingerprint density at radius 2 is 1.28 bits per heavy atom. The molecule has 0 aromatic heterocycles. The van der Waals surface area contributed by atoms with Gasteiger partial charge in [-0.15, -0.1) is 0 Å². The fourth-order valence-electron chi connectivity index (χ4n) is 5.57. The minimum atomic E-state index is 0.164. The monoisotopic (exact) mass is 424 g/mol. The first-order valence-corrected chi connectivity index (χ1v) is 11.9. The van der Waals surface area contributed by atoms with Crippen molar-refractivity contribution in [2.24, 2.45) is 5.92 Å². The summed E-state index contributed by atoms with van der Waals surface area (Å²) in [7, 11) is 0. The van der Waals surface area contributed by atoms with Crippen LogP contribution in [-0.4, -0.2) is 48.4 Å². The summed E-state index contributed by atoms with van der Waals surface area (Å²) >= 11 is 0. The van der Waals surface area contributed by atoms with Crippen LogP contribution in [0.25, 0.3) is 0 Å². The Morgan fingerprint density at radius 3 is 1.91 bits per heavy atom. The lowest BCUT2D eigenvalue weighted by Crippen LogP contribution is -2.38. The maximum Gasteiger partial charge on any atom is 0.253 e. The molecule has 2 atom stereocenters. The molecule has 0 saturated carbocycles. The number of benzene rings is 3. The summed E-state index contributed by atoms with van der Waals surface area (Å²) < 4.78 is 0. The predicted octanol–water partition coefficient (Wildman–Crippen LogP) is 5.42. The topological polar surface area (TPSA) is 23.6 Å². The first-order valence-electron chi connectivity index (χ1n) is 11.9. The number of amides is 1. The molecule has 0 bridgehead atoms. The van der Waals surface area contributed by atoms with Gasteiger partial charge in [0, 0.05) is 31.1 Å². The Bertz CT molecular complexity index is 997. The molecule has 2 heterocycles. The smallest absolute Gasteiger partial charge is 0.253 e. The van der Waals surface area contributed by atoms with Crippen LogP contribution in [-0.2, 0) is 0 Å². The minimum absolute atomic E-state index is 0.164. The van der Waals surface area contributed by atoms with Crippen LogP contribution in [0.5, 0.6) is 0 Å². The molecule has 0 spiro atoms. The summed E-state index contributed by atoms with van der Waals surface area (Å²) in [6, 6.07) is 31.5. The van der Waals surface area contributed by atoms with Crippen LogP contribution in [0.4, 0.5) is 0 Å². The number of rotatable bonds is 5. The van der Waals surface area contributed by atoms with Crippen molar-refractivity contribution in [3.8, 4) is 0 Å². The number of likely N-dealkylation sites (tertiary alicyclic amines) is 2. The molecule has 3 aromatic carbocycles. The van der Waals surface area contributed by atoms with E-state index in [0.29, 0.717) is 17.8 Å². The minimum Gasteiger partial charge on any atom is -0.338 e. The van der Waals surface area contributed by atoms with Crippen molar-refractivity contribution in [1.29, 1.82) is 0 Å². The van der Waals surface area contributed by atoms with Crippen LogP contribution >= 0.6 is 0 Å². The molecule has 2 aliphatic heterocycles. The molecule has 3 nitrogen and oxygen atoms in total. The van der Waals surface area contributed by atoms with E-state index >= 15 is 0 Å². The van der Waals surface area contributed by atoms with Gasteiger partial charge in [-0.3, -0.25) is 4.79 Å². The van der Waals surface area contributed by atoms with E-state index in [0.717, 1.165) is 38.3 Å². The molecular formula is C29H32N2O. The molecule has 1 unspecified atom stereocenters. The van der Waals surface area contributed by atoms with Crippen LogP contribution in [0.15, 0.2) is 91.0 Å². The van der Waals surface area contributed by atoms with E-state index in [4.69, 9.17) is 0 Å². The van der Waals surface area contributed by atoms with Crippen LogP contribution in [0, 0.1) is 5.92 Å². The summed E-state index contributed by atoms with van der Waals surface area (Å²) in [6.45, 7) is 5.00. The Hall–Kier alpha value is -2.91. The molecule has 3 aromatic rings. The average molecular weight is 425 g/mol. The molecule has 164 valence electrons. The molecule has 1 amide bonds. The van der Waals surface area contributed by atoms with Gasteiger partial charge in [-0.25, -0.2) is 0 Å². The normalized spacial score (nSPS) is 22.2. The molecule has 3 heteroatoms. The third kappa shape index (κ3) is 4.63. The third-order valence-electron chi connectivity index (χ3n) is 7.33. The number of piperidine rings is 1. The number of hydrogen-bond acceptors (Lipinski definition) is 2. The van der Waals surface area contributed by atoms with E-state index in [1.807, 2.05) is 30.3 Å². The van der Waals surface area contributed by atoms with E-state index in [-0.39, 0.29) is 5.91 Å². The Labute approximate surface area is 191 Å². The SMILES string of the molecule is O=C(c1ccccc1)N1CC(c2ccccc2)[C@@H](CN2CCC(c3ccccc3)CC2)C1. The number of carbonyl (C=O) groups is 1. The number of carbonyl (C=O) groups excluding carboxylic acids is 1. The van der Waals surface area contributed by atoms with Crippen molar-refractivity contribution in [1.82, 2.24) is 9.80 Å². The van der Waals surface area contributed by atoms with E-state index in [1.165, 1.54) is 24.0 Å². The van der Waals surface area contributed by atoms with Gasteiger partial charge in [0.05, 0.1) is 0 Å². The number of nitrogens with zero attached hydrogens (tertiary/aromatic N) is 2. The highest BCUT2D eigenvalue weighted by atomic mass is 16.2. The molecular weight excluding hydrogens is 392 g/mol. The summed E-state index contributed by atoms with van der Waals surface area (Å²) in [5, 5.41) is 0. The maximum absolute atomic E-state index is 13.2. The van der Waals surface area contributed by atoms with Crippen molar-refractivity contribution in [3.05, 3.63) is 108 Å². The fraction of sp³-hybridized carbons (Fsp3) is 0.345. The van der Waals surface area contributed by atoms with E-state index in [2.05, 4.69) is 70.5 Å². The summed E-state index contributed by atoms with van der Waals surface area (Å²) in [4.78, 5) is 17.9. The van der Waals surface area contributed by atoms with Gasteiger partial charge in [0.15, 0.2) is 0 Å². The van der Waals surface area contributed by atoms with Crippen LogP contribution < -0.4 is 0 Å². The molecule has 5 rings (SSSR count). The van der Waals surface area contributed by atoms with Crippen LogP contribution in [0.1, 0.15) is 46.2 Å². The zero-order valence-electron chi connectivity index (χ0n) is 18.6. The summed E-state index contributed by atoms with van der Waals surface area (Å²) in [5.41, 5.74) is 3.64. The van der Waals surface area contributed by atoms with E-state index in [9.17, 15) is 4.79 Å². The Morgan fingerprint density at radius 1 is 0.719 bits per heavy atom.